The van der Waals surface area contributed by atoms with Crippen LogP contribution < -0.4 is 0 Å². The van der Waals surface area contributed by atoms with E-state index in [1.165, 1.54) is 23.9 Å². The van der Waals surface area contributed by atoms with E-state index >= 15 is 0 Å². The van der Waals surface area contributed by atoms with Crippen LogP contribution in [0.2, 0.25) is 0 Å². The summed E-state index contributed by atoms with van der Waals surface area (Å²) < 4.78 is 22.0. The van der Waals surface area contributed by atoms with Crippen molar-refractivity contribution in [1.82, 2.24) is 14.5 Å². The number of morpholine rings is 1. The number of benzene rings is 2. The lowest BCUT2D eigenvalue weighted by molar-refractivity contribution is -0.0231. The summed E-state index contributed by atoms with van der Waals surface area (Å²) in [5.74, 6) is -0.439. The number of amides is 1. The van der Waals surface area contributed by atoms with Gasteiger partial charge < -0.3 is 9.64 Å². The first kappa shape index (κ1) is 20.1. The van der Waals surface area contributed by atoms with E-state index in [2.05, 4.69) is 20.9 Å². The van der Waals surface area contributed by atoms with Crippen LogP contribution in [0.4, 0.5) is 4.39 Å². The van der Waals surface area contributed by atoms with Crippen molar-refractivity contribution in [2.75, 3.05) is 26.0 Å². The minimum atomic E-state index is -0.321. The molecule has 150 valence electrons. The number of thioether (sulfide) groups is 1. The van der Waals surface area contributed by atoms with E-state index in [9.17, 15) is 9.18 Å². The molecular weight excluding hydrogens is 457 g/mol. The fourth-order valence-corrected chi connectivity index (χ4v) is 4.15. The highest BCUT2D eigenvalue weighted by atomic mass is 79.9. The van der Waals surface area contributed by atoms with Crippen molar-refractivity contribution in [3.8, 4) is 5.69 Å². The predicted octanol–water partition coefficient (Wildman–Crippen LogP) is 4.71. The third-order valence-electron chi connectivity index (χ3n) is 4.81. The van der Waals surface area contributed by atoms with Gasteiger partial charge in [0.25, 0.3) is 5.91 Å². The zero-order valence-corrected chi connectivity index (χ0v) is 18.1. The molecule has 29 heavy (non-hydrogen) atoms. The second-order valence-corrected chi connectivity index (χ2v) is 8.29. The summed E-state index contributed by atoms with van der Waals surface area (Å²) in [6.45, 7) is 1.44. The first-order valence-corrected chi connectivity index (χ1v) is 11.1. The monoisotopic (exact) mass is 475 g/mol. The molecule has 1 aliphatic heterocycles. The maximum absolute atomic E-state index is 13.4. The first-order valence-electron chi connectivity index (χ1n) is 9.11. The molecule has 2 heterocycles. The molecule has 0 bridgehead atoms. The molecule has 0 saturated carbocycles. The van der Waals surface area contributed by atoms with Crippen molar-refractivity contribution in [3.05, 3.63) is 76.3 Å². The van der Waals surface area contributed by atoms with Gasteiger partial charge in [0.1, 0.15) is 17.6 Å². The van der Waals surface area contributed by atoms with Gasteiger partial charge in [-0.2, -0.15) is 0 Å². The summed E-state index contributed by atoms with van der Waals surface area (Å²) in [5, 5.41) is 0.678. The lowest BCUT2D eigenvalue weighted by Crippen LogP contribution is -2.42. The highest BCUT2D eigenvalue weighted by molar-refractivity contribution is 9.10. The normalized spacial score (nSPS) is 16.8. The van der Waals surface area contributed by atoms with Gasteiger partial charge >= 0.3 is 0 Å². The third-order valence-corrected chi connectivity index (χ3v) is 5.99. The van der Waals surface area contributed by atoms with Crippen LogP contribution in [-0.4, -0.2) is 46.3 Å². The number of ether oxygens (including phenoxy) is 1. The van der Waals surface area contributed by atoms with E-state index < -0.39 is 0 Å². The number of imidazole rings is 1. The molecule has 2 aromatic carbocycles. The Labute approximate surface area is 181 Å². The molecule has 1 aliphatic rings. The molecule has 8 heteroatoms. The van der Waals surface area contributed by atoms with E-state index in [1.54, 1.807) is 27.8 Å². The Morgan fingerprint density at radius 2 is 1.93 bits per heavy atom. The standard InChI is InChI=1S/C21H19BrFN3O2S/c1-29-21-24-12-18(26(21)17-8-6-16(23)7-9-17)20(27)25-10-11-28-19(13-25)14-2-4-15(22)5-3-14/h2-9,12,19H,10-11,13H2,1H3. The zero-order valence-electron chi connectivity index (χ0n) is 15.7. The molecule has 0 N–H and O–H groups in total. The summed E-state index contributed by atoms with van der Waals surface area (Å²) in [6, 6.07) is 14.0. The second-order valence-electron chi connectivity index (χ2n) is 6.60. The molecule has 1 atom stereocenters. The van der Waals surface area contributed by atoms with Crippen LogP contribution in [0.25, 0.3) is 5.69 Å². The van der Waals surface area contributed by atoms with Crippen LogP contribution in [0.3, 0.4) is 0 Å². The van der Waals surface area contributed by atoms with Gasteiger partial charge in [-0.1, -0.05) is 39.8 Å². The average Bonchev–Trinajstić information content (AvgIpc) is 3.18. The van der Waals surface area contributed by atoms with E-state index in [1.807, 2.05) is 30.5 Å². The number of rotatable bonds is 4. The van der Waals surface area contributed by atoms with Gasteiger partial charge in [-0.15, -0.1) is 0 Å². The topological polar surface area (TPSA) is 47.4 Å². The van der Waals surface area contributed by atoms with Crippen molar-refractivity contribution in [1.29, 1.82) is 0 Å². The molecule has 3 aromatic rings. The fourth-order valence-electron chi connectivity index (χ4n) is 3.34. The first-order chi connectivity index (χ1) is 14.1. The summed E-state index contributed by atoms with van der Waals surface area (Å²) in [7, 11) is 0. The molecule has 1 saturated heterocycles. The highest BCUT2D eigenvalue weighted by Crippen LogP contribution is 2.27. The van der Waals surface area contributed by atoms with Gasteiger partial charge in [0, 0.05) is 16.7 Å². The Bertz CT molecular complexity index is 1010. The SMILES string of the molecule is CSc1ncc(C(=O)N2CCOC(c3ccc(Br)cc3)C2)n1-c1ccc(F)cc1. The maximum atomic E-state index is 13.4. The van der Waals surface area contributed by atoms with Gasteiger partial charge in [0.15, 0.2) is 5.16 Å². The largest absolute Gasteiger partial charge is 0.370 e. The van der Waals surface area contributed by atoms with Crippen LogP contribution in [-0.2, 0) is 4.74 Å². The van der Waals surface area contributed by atoms with E-state index in [-0.39, 0.29) is 17.8 Å². The van der Waals surface area contributed by atoms with Crippen LogP contribution in [0.1, 0.15) is 22.2 Å². The lowest BCUT2D eigenvalue weighted by Gasteiger charge is -2.33. The molecule has 1 fully saturated rings. The smallest absolute Gasteiger partial charge is 0.272 e. The number of hydrogen-bond acceptors (Lipinski definition) is 4. The van der Waals surface area contributed by atoms with Crippen LogP contribution >= 0.6 is 27.7 Å². The van der Waals surface area contributed by atoms with E-state index in [4.69, 9.17) is 4.74 Å². The van der Waals surface area contributed by atoms with E-state index in [0.717, 1.165) is 10.0 Å². The minimum absolute atomic E-state index is 0.118. The number of nitrogens with zero attached hydrogens (tertiary/aromatic N) is 3. The fraction of sp³-hybridized carbons (Fsp3) is 0.238. The summed E-state index contributed by atoms with van der Waals surface area (Å²) in [4.78, 5) is 19.5. The number of carbonyl (C=O) groups is 1. The summed E-state index contributed by atoms with van der Waals surface area (Å²) in [6.07, 6.45) is 3.30. The number of halogens is 2. The minimum Gasteiger partial charge on any atom is -0.370 e. The Morgan fingerprint density at radius 3 is 2.62 bits per heavy atom. The molecule has 1 aromatic heterocycles. The Balaban J connectivity index is 1.61. The quantitative estimate of drug-likeness (QED) is 0.512. The third kappa shape index (κ3) is 4.24. The summed E-state index contributed by atoms with van der Waals surface area (Å²) >= 11 is 4.87. The maximum Gasteiger partial charge on any atom is 0.272 e. The molecule has 1 unspecified atom stereocenters. The Hall–Kier alpha value is -2.16. The van der Waals surface area contributed by atoms with Gasteiger partial charge in [0.2, 0.25) is 0 Å². The molecule has 5 nitrogen and oxygen atoms in total. The molecule has 1 amide bonds. The van der Waals surface area contributed by atoms with Gasteiger partial charge in [0.05, 0.1) is 19.3 Å². The van der Waals surface area contributed by atoms with Crippen LogP contribution in [0.5, 0.6) is 0 Å². The highest BCUT2D eigenvalue weighted by Gasteiger charge is 2.29. The van der Waals surface area contributed by atoms with Crippen LogP contribution in [0, 0.1) is 5.82 Å². The second kappa shape index (κ2) is 8.69. The molecular formula is C21H19BrFN3O2S. The number of carbonyl (C=O) groups excluding carboxylic acids is 1. The lowest BCUT2D eigenvalue weighted by atomic mass is 10.1. The molecule has 0 aliphatic carbocycles. The van der Waals surface area contributed by atoms with Gasteiger partial charge in [-0.05, 0) is 48.2 Å². The Kier molecular flexibility index (Phi) is 6.03. The van der Waals surface area contributed by atoms with Crippen LogP contribution in [0.15, 0.2) is 64.4 Å². The predicted molar refractivity (Wildman–Crippen MR) is 114 cm³/mol. The van der Waals surface area contributed by atoms with Gasteiger partial charge in [-0.25, -0.2) is 9.37 Å². The molecule has 4 rings (SSSR count). The number of hydrogen-bond donors (Lipinski definition) is 0. The average molecular weight is 476 g/mol. The molecule has 0 radical (unpaired) electrons. The van der Waals surface area contributed by atoms with Crippen molar-refractivity contribution in [2.45, 2.75) is 11.3 Å². The number of aromatic nitrogens is 2. The zero-order chi connectivity index (χ0) is 20.4. The van der Waals surface area contributed by atoms with E-state index in [0.29, 0.717) is 36.2 Å². The van der Waals surface area contributed by atoms with Crippen molar-refractivity contribution >= 4 is 33.6 Å². The van der Waals surface area contributed by atoms with Crippen molar-refractivity contribution in [2.24, 2.45) is 0 Å². The molecule has 0 spiro atoms. The van der Waals surface area contributed by atoms with Gasteiger partial charge in [-0.3, -0.25) is 9.36 Å². The Morgan fingerprint density at radius 1 is 1.21 bits per heavy atom. The van der Waals surface area contributed by atoms with Crippen molar-refractivity contribution in [3.63, 3.8) is 0 Å². The van der Waals surface area contributed by atoms with Crippen molar-refractivity contribution < 1.29 is 13.9 Å². The summed E-state index contributed by atoms with van der Waals surface area (Å²) in [5.41, 5.74) is 2.19.